The van der Waals surface area contributed by atoms with Gasteiger partial charge >= 0.3 is 5.97 Å². The average molecular weight is 539 g/mol. The number of carboxylic acids is 1. The SMILES string of the molecule is CCCCN(CCCCN)C(=O)CN1C[C@H](c2ccc3c(c2)CCO3)[C@@H](C(=O)O)[C@@H]1CCn1ccccc1=O. The molecule has 212 valence electrons. The highest BCUT2D eigenvalue weighted by Gasteiger charge is 2.47. The Hall–Kier alpha value is -3.17. The molecule has 3 N–H and O–H groups in total. The summed E-state index contributed by atoms with van der Waals surface area (Å²) in [6.45, 7) is 5.71. The zero-order valence-electron chi connectivity index (χ0n) is 23.0. The number of nitrogens with two attached hydrogens (primary N) is 1. The summed E-state index contributed by atoms with van der Waals surface area (Å²) in [5.41, 5.74) is 7.63. The molecule has 0 aliphatic carbocycles. The lowest BCUT2D eigenvalue weighted by atomic mass is 9.83. The van der Waals surface area contributed by atoms with E-state index in [-0.39, 0.29) is 30.0 Å². The van der Waals surface area contributed by atoms with Crippen molar-refractivity contribution in [3.05, 3.63) is 64.1 Å². The molecule has 0 bridgehead atoms. The average Bonchev–Trinajstić information content (AvgIpc) is 3.54. The molecule has 1 fully saturated rings. The largest absolute Gasteiger partial charge is 0.493 e. The van der Waals surface area contributed by atoms with Gasteiger partial charge in [-0.1, -0.05) is 31.5 Å². The van der Waals surface area contributed by atoms with Crippen LogP contribution in [-0.2, 0) is 22.6 Å². The molecule has 3 atom stereocenters. The fourth-order valence-electron chi connectivity index (χ4n) is 5.98. The number of aryl methyl sites for hydroxylation is 1. The number of carboxylic acid groups (broad SMARTS) is 1. The molecule has 2 aromatic rings. The lowest BCUT2D eigenvalue weighted by Gasteiger charge is -2.30. The zero-order chi connectivity index (χ0) is 27.8. The van der Waals surface area contributed by atoms with Crippen LogP contribution in [0.15, 0.2) is 47.4 Å². The summed E-state index contributed by atoms with van der Waals surface area (Å²) < 4.78 is 7.28. The molecule has 1 aromatic carbocycles. The molecule has 0 saturated carbocycles. The quantitative estimate of drug-likeness (QED) is 0.355. The highest BCUT2D eigenvalue weighted by atomic mass is 16.5. The van der Waals surface area contributed by atoms with Crippen LogP contribution in [0.4, 0.5) is 0 Å². The molecular formula is C30H42N4O5. The normalized spacial score (nSPS) is 20.5. The Morgan fingerprint density at radius 1 is 1.15 bits per heavy atom. The number of rotatable bonds is 14. The van der Waals surface area contributed by atoms with Crippen molar-refractivity contribution in [2.24, 2.45) is 11.7 Å². The second kappa shape index (κ2) is 13.8. The number of hydrogen-bond donors (Lipinski definition) is 2. The Bertz CT molecular complexity index is 1180. The highest BCUT2D eigenvalue weighted by molar-refractivity contribution is 5.79. The van der Waals surface area contributed by atoms with Crippen LogP contribution in [0.3, 0.4) is 0 Å². The molecule has 1 aromatic heterocycles. The van der Waals surface area contributed by atoms with Gasteiger partial charge < -0.3 is 25.0 Å². The van der Waals surface area contributed by atoms with Crippen LogP contribution in [0.25, 0.3) is 0 Å². The third kappa shape index (κ3) is 7.08. The second-order valence-corrected chi connectivity index (χ2v) is 10.7. The van der Waals surface area contributed by atoms with Crippen LogP contribution in [0.1, 0.15) is 56.1 Å². The third-order valence-corrected chi connectivity index (χ3v) is 8.09. The Morgan fingerprint density at radius 2 is 1.97 bits per heavy atom. The van der Waals surface area contributed by atoms with Gasteiger partial charge in [-0.3, -0.25) is 19.3 Å². The van der Waals surface area contributed by atoms with Crippen LogP contribution in [0.5, 0.6) is 5.75 Å². The van der Waals surface area contributed by atoms with Crippen molar-refractivity contribution < 1.29 is 19.4 Å². The molecule has 2 aliphatic rings. The number of carbonyl (C=O) groups is 2. The molecule has 2 aliphatic heterocycles. The van der Waals surface area contributed by atoms with Crippen molar-refractivity contribution in [2.45, 2.75) is 64.0 Å². The minimum Gasteiger partial charge on any atom is -0.493 e. The number of likely N-dealkylation sites (tertiary alicyclic amines) is 1. The highest BCUT2D eigenvalue weighted by Crippen LogP contribution is 2.41. The van der Waals surface area contributed by atoms with E-state index in [0.29, 0.717) is 45.8 Å². The second-order valence-electron chi connectivity index (χ2n) is 10.7. The number of hydrogen-bond acceptors (Lipinski definition) is 6. The van der Waals surface area contributed by atoms with Gasteiger partial charge in [0.15, 0.2) is 0 Å². The van der Waals surface area contributed by atoms with E-state index in [4.69, 9.17) is 10.5 Å². The van der Waals surface area contributed by atoms with Gasteiger partial charge in [0.2, 0.25) is 11.5 Å². The maximum atomic E-state index is 13.6. The summed E-state index contributed by atoms with van der Waals surface area (Å²) in [7, 11) is 0. The van der Waals surface area contributed by atoms with Gasteiger partial charge in [-0.2, -0.15) is 0 Å². The van der Waals surface area contributed by atoms with E-state index in [1.54, 1.807) is 22.9 Å². The topological polar surface area (TPSA) is 118 Å². The molecule has 3 heterocycles. The molecule has 1 saturated heterocycles. The van der Waals surface area contributed by atoms with Gasteiger partial charge in [0.1, 0.15) is 5.75 Å². The maximum absolute atomic E-state index is 13.6. The molecule has 9 heteroatoms. The van der Waals surface area contributed by atoms with Crippen LogP contribution in [0, 0.1) is 5.92 Å². The number of benzene rings is 1. The summed E-state index contributed by atoms with van der Waals surface area (Å²) in [6, 6.07) is 10.6. The number of amides is 1. The molecule has 0 radical (unpaired) electrons. The molecule has 0 unspecified atom stereocenters. The number of ether oxygens (including phenoxy) is 1. The fraction of sp³-hybridized carbons (Fsp3) is 0.567. The first-order valence-corrected chi connectivity index (χ1v) is 14.3. The monoisotopic (exact) mass is 538 g/mol. The Morgan fingerprint density at radius 3 is 2.72 bits per heavy atom. The van der Waals surface area contributed by atoms with Gasteiger partial charge in [0, 0.05) is 56.8 Å². The van der Waals surface area contributed by atoms with Gasteiger partial charge in [0.05, 0.1) is 19.1 Å². The molecule has 4 rings (SSSR count). The van der Waals surface area contributed by atoms with E-state index in [9.17, 15) is 19.5 Å². The van der Waals surface area contributed by atoms with Gasteiger partial charge in [-0.25, -0.2) is 0 Å². The maximum Gasteiger partial charge on any atom is 0.308 e. The summed E-state index contributed by atoms with van der Waals surface area (Å²) >= 11 is 0. The van der Waals surface area contributed by atoms with E-state index in [2.05, 4.69) is 13.0 Å². The number of pyridine rings is 1. The van der Waals surface area contributed by atoms with E-state index >= 15 is 0 Å². The van der Waals surface area contributed by atoms with Crippen molar-refractivity contribution in [3.8, 4) is 5.75 Å². The van der Waals surface area contributed by atoms with Crippen molar-refractivity contribution >= 4 is 11.9 Å². The van der Waals surface area contributed by atoms with Gasteiger partial charge in [-0.15, -0.1) is 0 Å². The first kappa shape index (κ1) is 28.8. The Balaban J connectivity index is 1.59. The minimum atomic E-state index is -0.872. The van der Waals surface area contributed by atoms with Gasteiger partial charge in [0.25, 0.3) is 0 Å². The van der Waals surface area contributed by atoms with Crippen LogP contribution < -0.4 is 16.0 Å². The lowest BCUT2D eigenvalue weighted by Crippen LogP contribution is -2.45. The van der Waals surface area contributed by atoms with Crippen LogP contribution >= 0.6 is 0 Å². The summed E-state index contributed by atoms with van der Waals surface area (Å²) in [4.78, 5) is 42.7. The number of carbonyl (C=O) groups excluding carboxylic acids is 1. The van der Waals surface area contributed by atoms with Crippen molar-refractivity contribution in [1.29, 1.82) is 0 Å². The van der Waals surface area contributed by atoms with Crippen LogP contribution in [-0.4, -0.2) is 76.7 Å². The molecular weight excluding hydrogens is 496 g/mol. The van der Waals surface area contributed by atoms with Crippen molar-refractivity contribution in [1.82, 2.24) is 14.4 Å². The first-order chi connectivity index (χ1) is 18.9. The molecule has 39 heavy (non-hydrogen) atoms. The van der Waals surface area contributed by atoms with E-state index in [1.807, 2.05) is 21.9 Å². The summed E-state index contributed by atoms with van der Waals surface area (Å²) in [6.07, 6.45) is 6.62. The van der Waals surface area contributed by atoms with E-state index < -0.39 is 11.9 Å². The van der Waals surface area contributed by atoms with Crippen molar-refractivity contribution in [3.63, 3.8) is 0 Å². The predicted octanol–water partition coefficient (Wildman–Crippen LogP) is 2.71. The van der Waals surface area contributed by atoms with Crippen molar-refractivity contribution in [2.75, 3.05) is 39.3 Å². The van der Waals surface area contributed by atoms with Gasteiger partial charge in [-0.05, 0) is 55.5 Å². The minimum absolute atomic E-state index is 0.0227. The number of aromatic nitrogens is 1. The predicted molar refractivity (Wildman–Crippen MR) is 150 cm³/mol. The Kier molecular flexibility index (Phi) is 10.2. The molecule has 1 amide bonds. The van der Waals surface area contributed by atoms with E-state index in [0.717, 1.165) is 49.0 Å². The standard InChI is InChI=1S/C30H42N4O5/c1-2-3-14-32(16-7-5-13-31)28(36)21-34-20-24(22-9-10-26-23(19-22)12-18-39-26)29(30(37)38)25(34)11-17-33-15-6-4-8-27(33)35/h4,6,8-10,15,19,24-25,29H,2-3,5,7,11-14,16-18,20-21,31H2,1H3,(H,37,38)/t24-,25+,29-/m1/s1. The smallest absolute Gasteiger partial charge is 0.308 e. The number of unbranched alkanes of at least 4 members (excludes halogenated alkanes) is 2. The summed E-state index contributed by atoms with van der Waals surface area (Å²) in [5, 5.41) is 10.5. The number of nitrogens with zero attached hydrogens (tertiary/aromatic N) is 3. The fourth-order valence-corrected chi connectivity index (χ4v) is 5.98. The summed E-state index contributed by atoms with van der Waals surface area (Å²) in [5.74, 6) is -0.948. The third-order valence-electron chi connectivity index (χ3n) is 8.09. The Labute approximate surface area is 230 Å². The number of fused-ring (bicyclic) bond motifs is 1. The van der Waals surface area contributed by atoms with Crippen LogP contribution in [0.2, 0.25) is 0 Å². The lowest BCUT2D eigenvalue weighted by molar-refractivity contribution is -0.144. The van der Waals surface area contributed by atoms with E-state index in [1.165, 1.54) is 6.07 Å². The first-order valence-electron chi connectivity index (χ1n) is 14.3. The number of aliphatic carboxylic acids is 1. The molecule has 0 spiro atoms. The molecule has 9 nitrogen and oxygen atoms in total. The zero-order valence-corrected chi connectivity index (χ0v) is 23.0.